The van der Waals surface area contributed by atoms with Crippen LogP contribution in [0.1, 0.15) is 31.1 Å². The van der Waals surface area contributed by atoms with Gasteiger partial charge in [-0.15, -0.1) is 0 Å². The predicted octanol–water partition coefficient (Wildman–Crippen LogP) is 2.28. The van der Waals surface area contributed by atoms with Crippen LogP contribution in [0.25, 0.3) is 5.82 Å². The van der Waals surface area contributed by atoms with Crippen LogP contribution in [-0.2, 0) is 5.54 Å². The summed E-state index contributed by atoms with van der Waals surface area (Å²) >= 11 is 3.29. The lowest BCUT2D eigenvalue weighted by Crippen LogP contribution is -2.26. The van der Waals surface area contributed by atoms with E-state index in [2.05, 4.69) is 26.1 Å². The molecule has 0 aromatic carbocycles. The highest BCUT2D eigenvalue weighted by molar-refractivity contribution is 9.10. The normalized spacial score (nSPS) is 11.8. The van der Waals surface area contributed by atoms with Crippen molar-refractivity contribution in [2.24, 2.45) is 0 Å². The molecule has 0 saturated heterocycles. The monoisotopic (exact) mass is 312 g/mol. The number of rotatable bonds is 2. The van der Waals surface area contributed by atoms with Crippen LogP contribution < -0.4 is 0 Å². The smallest absolute Gasteiger partial charge is 0.341 e. The molecular formula is C11H13BrN4O2. The molecule has 0 aliphatic heterocycles. The molecule has 0 amide bonds. The average Bonchev–Trinajstić information content (AvgIpc) is 2.80. The molecule has 2 aromatic heterocycles. The molecule has 0 spiro atoms. The van der Waals surface area contributed by atoms with Crippen LogP contribution in [0.3, 0.4) is 0 Å². The molecule has 0 radical (unpaired) electrons. The highest BCUT2D eigenvalue weighted by Gasteiger charge is 2.25. The topological polar surface area (TPSA) is 72.9 Å². The zero-order chi connectivity index (χ0) is 13.5. The lowest BCUT2D eigenvalue weighted by Gasteiger charge is -2.22. The molecule has 7 heteroatoms. The molecule has 0 aliphatic carbocycles. The van der Waals surface area contributed by atoms with Crippen LogP contribution in [0.15, 0.2) is 23.1 Å². The lowest BCUT2D eigenvalue weighted by atomic mass is 10.1. The Kier molecular flexibility index (Phi) is 3.02. The van der Waals surface area contributed by atoms with E-state index in [1.165, 1.54) is 10.9 Å². The molecule has 0 aliphatic rings. The number of carbonyl (C=O) groups is 1. The fourth-order valence-electron chi connectivity index (χ4n) is 1.62. The third-order valence-corrected chi connectivity index (χ3v) is 2.79. The molecule has 0 unspecified atom stereocenters. The highest BCUT2D eigenvalue weighted by Crippen LogP contribution is 2.23. The van der Waals surface area contributed by atoms with Crippen molar-refractivity contribution in [3.8, 4) is 5.82 Å². The maximum Gasteiger partial charge on any atom is 0.341 e. The molecule has 2 heterocycles. The highest BCUT2D eigenvalue weighted by atomic mass is 79.9. The zero-order valence-corrected chi connectivity index (χ0v) is 11.8. The van der Waals surface area contributed by atoms with Gasteiger partial charge in [0.2, 0.25) is 0 Å². The summed E-state index contributed by atoms with van der Waals surface area (Å²) < 4.78 is 3.93. The van der Waals surface area contributed by atoms with Gasteiger partial charge >= 0.3 is 5.97 Å². The summed E-state index contributed by atoms with van der Waals surface area (Å²) in [6.07, 6.45) is 4.65. The van der Waals surface area contributed by atoms with Gasteiger partial charge in [-0.2, -0.15) is 10.2 Å². The molecular weight excluding hydrogens is 300 g/mol. The van der Waals surface area contributed by atoms with Gasteiger partial charge in [0.1, 0.15) is 5.56 Å². The second kappa shape index (κ2) is 4.24. The fourth-order valence-corrected chi connectivity index (χ4v) is 1.91. The van der Waals surface area contributed by atoms with E-state index in [9.17, 15) is 9.90 Å². The van der Waals surface area contributed by atoms with Gasteiger partial charge in [-0.05, 0) is 36.7 Å². The van der Waals surface area contributed by atoms with E-state index in [4.69, 9.17) is 0 Å². The Bertz CT molecular complexity index is 594. The van der Waals surface area contributed by atoms with Gasteiger partial charge < -0.3 is 5.11 Å². The van der Waals surface area contributed by atoms with Gasteiger partial charge in [0.15, 0.2) is 5.82 Å². The number of aromatic carboxylic acids is 1. The summed E-state index contributed by atoms with van der Waals surface area (Å²) in [5, 5.41) is 17.5. The van der Waals surface area contributed by atoms with E-state index in [1.54, 1.807) is 17.1 Å². The van der Waals surface area contributed by atoms with Crippen molar-refractivity contribution in [3.63, 3.8) is 0 Å². The zero-order valence-electron chi connectivity index (χ0n) is 10.3. The Labute approximate surface area is 112 Å². The van der Waals surface area contributed by atoms with Gasteiger partial charge in [-0.3, -0.25) is 0 Å². The van der Waals surface area contributed by atoms with Gasteiger partial charge in [0, 0.05) is 6.20 Å². The third-order valence-electron chi connectivity index (χ3n) is 2.38. The van der Waals surface area contributed by atoms with Crippen molar-refractivity contribution in [2.45, 2.75) is 26.3 Å². The first-order chi connectivity index (χ1) is 8.30. The van der Waals surface area contributed by atoms with Crippen molar-refractivity contribution in [3.05, 3.63) is 28.6 Å². The van der Waals surface area contributed by atoms with E-state index >= 15 is 0 Å². The first-order valence-corrected chi connectivity index (χ1v) is 6.12. The summed E-state index contributed by atoms with van der Waals surface area (Å²) in [5.74, 6) is -0.576. The maximum absolute atomic E-state index is 11.2. The van der Waals surface area contributed by atoms with E-state index in [0.29, 0.717) is 5.82 Å². The van der Waals surface area contributed by atoms with E-state index in [0.717, 1.165) is 4.47 Å². The summed E-state index contributed by atoms with van der Waals surface area (Å²) in [4.78, 5) is 11.2. The standard InChI is InChI=1S/C11H13BrN4O2/c1-11(2,3)16-9(8(5-14-16)10(17)18)15-6-7(12)4-13-15/h4-6H,1-3H3,(H,17,18). The Hall–Kier alpha value is -1.63. The lowest BCUT2D eigenvalue weighted by molar-refractivity contribution is 0.0696. The molecule has 2 rings (SSSR count). The SMILES string of the molecule is CC(C)(C)n1ncc(C(=O)O)c1-n1cc(Br)cn1. The van der Waals surface area contributed by atoms with Crippen molar-refractivity contribution >= 4 is 21.9 Å². The predicted molar refractivity (Wildman–Crippen MR) is 69.0 cm³/mol. The Balaban J connectivity index is 2.69. The molecule has 0 saturated carbocycles. The van der Waals surface area contributed by atoms with Crippen LogP contribution in [0.4, 0.5) is 0 Å². The number of aromatic nitrogens is 4. The molecule has 96 valence electrons. The number of nitrogens with zero attached hydrogens (tertiary/aromatic N) is 4. The Morgan fingerprint density at radius 2 is 2.00 bits per heavy atom. The summed E-state index contributed by atoms with van der Waals surface area (Å²) in [7, 11) is 0. The molecule has 2 aromatic rings. The largest absolute Gasteiger partial charge is 0.477 e. The Morgan fingerprint density at radius 3 is 2.44 bits per heavy atom. The minimum Gasteiger partial charge on any atom is -0.477 e. The van der Waals surface area contributed by atoms with Gasteiger partial charge in [0.25, 0.3) is 0 Å². The number of hydrogen-bond donors (Lipinski definition) is 1. The van der Waals surface area contributed by atoms with Crippen molar-refractivity contribution in [2.75, 3.05) is 0 Å². The van der Waals surface area contributed by atoms with E-state index in [1.807, 2.05) is 20.8 Å². The van der Waals surface area contributed by atoms with E-state index in [-0.39, 0.29) is 11.1 Å². The van der Waals surface area contributed by atoms with Crippen molar-refractivity contribution < 1.29 is 9.90 Å². The quantitative estimate of drug-likeness (QED) is 0.923. The average molecular weight is 313 g/mol. The minimum absolute atomic E-state index is 0.125. The van der Waals surface area contributed by atoms with E-state index < -0.39 is 5.97 Å². The van der Waals surface area contributed by atoms with Crippen LogP contribution >= 0.6 is 15.9 Å². The number of hydrogen-bond acceptors (Lipinski definition) is 3. The molecule has 0 atom stereocenters. The second-order valence-electron chi connectivity index (χ2n) is 4.87. The van der Waals surface area contributed by atoms with Crippen LogP contribution in [-0.4, -0.2) is 30.6 Å². The van der Waals surface area contributed by atoms with Crippen molar-refractivity contribution in [1.82, 2.24) is 19.6 Å². The molecule has 0 fully saturated rings. The number of carboxylic acid groups (broad SMARTS) is 1. The fraction of sp³-hybridized carbons (Fsp3) is 0.364. The number of carboxylic acids is 1. The summed E-state index contributed by atoms with van der Waals surface area (Å²) in [6, 6.07) is 0. The second-order valence-corrected chi connectivity index (χ2v) is 5.79. The first kappa shape index (κ1) is 12.8. The number of halogens is 1. The summed E-state index contributed by atoms with van der Waals surface area (Å²) in [5.41, 5.74) is -0.206. The van der Waals surface area contributed by atoms with Crippen LogP contribution in [0.5, 0.6) is 0 Å². The molecule has 1 N–H and O–H groups in total. The molecule has 6 nitrogen and oxygen atoms in total. The third kappa shape index (κ3) is 2.17. The molecule has 18 heavy (non-hydrogen) atoms. The maximum atomic E-state index is 11.2. The van der Waals surface area contributed by atoms with Gasteiger partial charge in [-0.25, -0.2) is 14.2 Å². The minimum atomic E-state index is -1.02. The van der Waals surface area contributed by atoms with Crippen molar-refractivity contribution in [1.29, 1.82) is 0 Å². The first-order valence-electron chi connectivity index (χ1n) is 5.33. The van der Waals surface area contributed by atoms with Gasteiger partial charge in [0.05, 0.1) is 22.4 Å². The Morgan fingerprint density at radius 1 is 1.33 bits per heavy atom. The van der Waals surface area contributed by atoms with Gasteiger partial charge in [-0.1, -0.05) is 0 Å². The summed E-state index contributed by atoms with van der Waals surface area (Å²) in [6.45, 7) is 5.86. The van der Waals surface area contributed by atoms with Crippen LogP contribution in [0, 0.1) is 0 Å². The van der Waals surface area contributed by atoms with Crippen LogP contribution in [0.2, 0.25) is 0 Å². The molecule has 0 bridgehead atoms.